The Morgan fingerprint density at radius 2 is 2.00 bits per heavy atom. The van der Waals surface area contributed by atoms with Crippen LogP contribution in [0.1, 0.15) is 10.4 Å². The van der Waals surface area contributed by atoms with Crippen LogP contribution < -0.4 is 10.1 Å². The van der Waals surface area contributed by atoms with Gasteiger partial charge in [-0.3, -0.25) is 14.9 Å². The van der Waals surface area contributed by atoms with E-state index in [0.29, 0.717) is 10.2 Å². The van der Waals surface area contributed by atoms with Crippen molar-refractivity contribution in [3.8, 4) is 5.75 Å². The van der Waals surface area contributed by atoms with E-state index in [2.05, 4.69) is 21.2 Å². The van der Waals surface area contributed by atoms with E-state index in [9.17, 15) is 19.7 Å². The van der Waals surface area contributed by atoms with E-state index in [1.165, 1.54) is 37.4 Å². The Kier molecular flexibility index (Phi) is 6.07. The summed E-state index contributed by atoms with van der Waals surface area (Å²) < 4.78 is 10.5. The van der Waals surface area contributed by atoms with Gasteiger partial charge in [0.2, 0.25) is 0 Å². The van der Waals surface area contributed by atoms with Gasteiger partial charge in [-0.1, -0.05) is 6.07 Å². The van der Waals surface area contributed by atoms with Crippen molar-refractivity contribution in [2.24, 2.45) is 0 Å². The van der Waals surface area contributed by atoms with Crippen molar-refractivity contribution in [3.05, 3.63) is 62.6 Å². The van der Waals surface area contributed by atoms with Gasteiger partial charge in [0.25, 0.3) is 11.6 Å². The quantitative estimate of drug-likeness (QED) is 0.446. The van der Waals surface area contributed by atoms with Crippen molar-refractivity contribution in [1.29, 1.82) is 0 Å². The fourth-order valence-electron chi connectivity index (χ4n) is 1.89. The molecule has 0 radical (unpaired) electrons. The number of carbonyl (C=O) groups excluding carboxylic acids is 2. The van der Waals surface area contributed by atoms with Crippen molar-refractivity contribution in [2.75, 3.05) is 19.0 Å². The monoisotopic (exact) mass is 408 g/mol. The largest absolute Gasteiger partial charge is 0.497 e. The maximum Gasteiger partial charge on any atom is 0.339 e. The Labute approximate surface area is 151 Å². The van der Waals surface area contributed by atoms with Gasteiger partial charge in [0, 0.05) is 22.3 Å². The second-order valence-electron chi connectivity index (χ2n) is 4.78. The molecule has 9 heteroatoms. The summed E-state index contributed by atoms with van der Waals surface area (Å²) in [4.78, 5) is 34.0. The van der Waals surface area contributed by atoms with Crippen molar-refractivity contribution in [1.82, 2.24) is 0 Å². The molecule has 0 spiro atoms. The van der Waals surface area contributed by atoms with Gasteiger partial charge >= 0.3 is 5.97 Å². The number of anilines is 1. The third-order valence-electron chi connectivity index (χ3n) is 3.07. The Morgan fingerprint density at radius 3 is 2.68 bits per heavy atom. The maximum atomic E-state index is 12.1. The number of benzene rings is 2. The van der Waals surface area contributed by atoms with Gasteiger partial charge in [0.15, 0.2) is 6.61 Å². The molecule has 0 bridgehead atoms. The molecule has 8 nitrogen and oxygen atoms in total. The van der Waals surface area contributed by atoms with Crippen LogP contribution in [-0.4, -0.2) is 30.5 Å². The SMILES string of the molecule is COc1ccc(Br)c(C(=O)OCC(=O)Nc2cccc([N+](=O)[O-])c2)c1. The number of nitrogens with zero attached hydrogens (tertiary/aromatic N) is 1. The lowest BCUT2D eigenvalue weighted by Gasteiger charge is -2.09. The van der Waals surface area contributed by atoms with Gasteiger partial charge in [-0.15, -0.1) is 0 Å². The molecule has 2 aromatic rings. The second kappa shape index (κ2) is 8.25. The number of rotatable bonds is 6. The molecule has 1 N–H and O–H groups in total. The van der Waals surface area contributed by atoms with Gasteiger partial charge in [-0.2, -0.15) is 0 Å². The van der Waals surface area contributed by atoms with Crippen LogP contribution >= 0.6 is 15.9 Å². The fourth-order valence-corrected chi connectivity index (χ4v) is 2.30. The van der Waals surface area contributed by atoms with Gasteiger partial charge in [-0.05, 0) is 40.2 Å². The zero-order valence-corrected chi connectivity index (χ0v) is 14.6. The van der Waals surface area contributed by atoms with E-state index in [0.717, 1.165) is 0 Å². The zero-order chi connectivity index (χ0) is 18.4. The minimum absolute atomic E-state index is 0.157. The number of non-ortho nitro benzene ring substituents is 1. The highest BCUT2D eigenvalue weighted by Gasteiger charge is 2.15. The molecular formula is C16H13BrN2O6. The van der Waals surface area contributed by atoms with Crippen molar-refractivity contribution < 1.29 is 24.0 Å². The standard InChI is InChI=1S/C16H13BrN2O6/c1-24-12-5-6-14(17)13(8-12)16(21)25-9-15(20)18-10-3-2-4-11(7-10)19(22)23/h2-8H,9H2,1H3,(H,18,20). The maximum absolute atomic E-state index is 12.1. The van der Waals surface area contributed by atoms with Crippen LogP contribution in [0.3, 0.4) is 0 Å². The van der Waals surface area contributed by atoms with Gasteiger partial charge < -0.3 is 14.8 Å². The lowest BCUT2D eigenvalue weighted by atomic mass is 10.2. The van der Waals surface area contributed by atoms with Crippen molar-refractivity contribution in [2.45, 2.75) is 0 Å². The molecular weight excluding hydrogens is 396 g/mol. The minimum Gasteiger partial charge on any atom is -0.497 e. The number of nitro groups is 1. The summed E-state index contributed by atoms with van der Waals surface area (Å²) >= 11 is 3.22. The van der Waals surface area contributed by atoms with Gasteiger partial charge in [-0.25, -0.2) is 4.79 Å². The van der Waals surface area contributed by atoms with Crippen LogP contribution in [0.5, 0.6) is 5.75 Å². The normalized spacial score (nSPS) is 10.0. The highest BCUT2D eigenvalue weighted by Crippen LogP contribution is 2.23. The molecule has 0 aromatic heterocycles. The fraction of sp³-hybridized carbons (Fsp3) is 0.125. The molecule has 0 unspecified atom stereocenters. The molecule has 130 valence electrons. The number of hydrogen-bond donors (Lipinski definition) is 1. The lowest BCUT2D eigenvalue weighted by molar-refractivity contribution is -0.384. The molecule has 2 aromatic carbocycles. The average molecular weight is 409 g/mol. The molecule has 0 fully saturated rings. The molecule has 0 saturated carbocycles. The predicted molar refractivity (Wildman–Crippen MR) is 92.7 cm³/mol. The number of carbonyl (C=O) groups is 2. The van der Waals surface area contributed by atoms with E-state index < -0.39 is 23.4 Å². The van der Waals surface area contributed by atoms with Crippen LogP contribution in [0.25, 0.3) is 0 Å². The number of esters is 1. The Hall–Kier alpha value is -2.94. The van der Waals surface area contributed by atoms with Crippen LogP contribution in [-0.2, 0) is 9.53 Å². The third kappa shape index (κ3) is 5.01. The van der Waals surface area contributed by atoms with E-state index in [4.69, 9.17) is 9.47 Å². The molecule has 0 aliphatic rings. The number of hydrogen-bond acceptors (Lipinski definition) is 6. The van der Waals surface area contributed by atoms with E-state index in [1.54, 1.807) is 12.1 Å². The van der Waals surface area contributed by atoms with Crippen LogP contribution in [0.15, 0.2) is 46.9 Å². The summed E-state index contributed by atoms with van der Waals surface area (Å²) in [5.74, 6) is -0.857. The first kappa shape index (κ1) is 18.4. The molecule has 0 atom stereocenters. The second-order valence-corrected chi connectivity index (χ2v) is 5.63. The Morgan fingerprint density at radius 1 is 1.24 bits per heavy atom. The first-order chi connectivity index (χ1) is 11.9. The first-order valence-corrected chi connectivity index (χ1v) is 7.75. The average Bonchev–Trinajstić information content (AvgIpc) is 2.60. The topological polar surface area (TPSA) is 108 Å². The molecule has 25 heavy (non-hydrogen) atoms. The molecule has 0 heterocycles. The number of nitro benzene ring substituents is 1. The van der Waals surface area contributed by atoms with E-state index in [-0.39, 0.29) is 16.9 Å². The molecule has 0 aliphatic carbocycles. The van der Waals surface area contributed by atoms with Crippen LogP contribution in [0.2, 0.25) is 0 Å². The van der Waals surface area contributed by atoms with Gasteiger partial charge in [0.1, 0.15) is 5.75 Å². The predicted octanol–water partition coefficient (Wildman–Crippen LogP) is 3.16. The first-order valence-electron chi connectivity index (χ1n) is 6.95. The summed E-state index contributed by atoms with van der Waals surface area (Å²) in [5.41, 5.74) is 0.287. The molecule has 0 saturated heterocycles. The number of halogens is 1. The summed E-state index contributed by atoms with van der Waals surface area (Å²) in [6, 6.07) is 10.2. The third-order valence-corrected chi connectivity index (χ3v) is 3.76. The Bertz CT molecular complexity index is 824. The Balaban J connectivity index is 1.97. The summed E-state index contributed by atoms with van der Waals surface area (Å²) in [6.45, 7) is -0.537. The summed E-state index contributed by atoms with van der Waals surface area (Å²) in [6.07, 6.45) is 0. The van der Waals surface area contributed by atoms with E-state index in [1.807, 2.05) is 0 Å². The van der Waals surface area contributed by atoms with Crippen molar-refractivity contribution in [3.63, 3.8) is 0 Å². The molecule has 0 aliphatic heterocycles. The van der Waals surface area contributed by atoms with Crippen LogP contribution in [0.4, 0.5) is 11.4 Å². The lowest BCUT2D eigenvalue weighted by Crippen LogP contribution is -2.21. The van der Waals surface area contributed by atoms with Crippen LogP contribution in [0, 0.1) is 10.1 Å². The van der Waals surface area contributed by atoms with E-state index >= 15 is 0 Å². The molecule has 2 rings (SSSR count). The van der Waals surface area contributed by atoms with Gasteiger partial charge in [0.05, 0.1) is 17.6 Å². The zero-order valence-electron chi connectivity index (χ0n) is 13.0. The molecule has 1 amide bonds. The summed E-state index contributed by atoms with van der Waals surface area (Å²) in [7, 11) is 1.46. The minimum atomic E-state index is -0.708. The number of ether oxygens (including phenoxy) is 2. The number of nitrogens with one attached hydrogen (secondary N) is 1. The highest BCUT2D eigenvalue weighted by atomic mass is 79.9. The number of methoxy groups -OCH3 is 1. The smallest absolute Gasteiger partial charge is 0.339 e. The highest BCUT2D eigenvalue weighted by molar-refractivity contribution is 9.10. The summed E-state index contributed by atoms with van der Waals surface area (Å²) in [5, 5.41) is 13.1. The number of amides is 1. The van der Waals surface area contributed by atoms with Crippen molar-refractivity contribution >= 4 is 39.2 Å².